The molecular formula is C12H14N2O. The number of benzene rings is 1. The molecule has 2 aromatic rings. The molecule has 0 radical (unpaired) electrons. The van der Waals surface area contributed by atoms with Crippen molar-refractivity contribution in [3.63, 3.8) is 0 Å². The summed E-state index contributed by atoms with van der Waals surface area (Å²) in [7, 11) is 0. The monoisotopic (exact) mass is 202 g/mol. The molecule has 3 heteroatoms. The van der Waals surface area contributed by atoms with Gasteiger partial charge in [-0.1, -0.05) is 17.7 Å². The van der Waals surface area contributed by atoms with Crippen molar-refractivity contribution >= 4 is 0 Å². The molecule has 0 aliphatic rings. The lowest BCUT2D eigenvalue weighted by atomic mass is 10.2. The molecule has 78 valence electrons. The van der Waals surface area contributed by atoms with Crippen LogP contribution in [0.25, 0.3) is 5.69 Å². The third kappa shape index (κ3) is 1.61. The second kappa shape index (κ2) is 3.42. The maximum absolute atomic E-state index is 9.66. The highest BCUT2D eigenvalue weighted by Crippen LogP contribution is 2.23. The van der Waals surface area contributed by atoms with E-state index < -0.39 is 0 Å². The van der Waals surface area contributed by atoms with Crippen LogP contribution in [0.3, 0.4) is 0 Å². The van der Waals surface area contributed by atoms with E-state index in [1.54, 1.807) is 11.6 Å². The molecule has 0 fully saturated rings. The number of hydrogen-bond acceptors (Lipinski definition) is 2. The summed E-state index contributed by atoms with van der Waals surface area (Å²) in [5.41, 5.74) is 3.62. The summed E-state index contributed by atoms with van der Waals surface area (Å²) >= 11 is 0. The van der Waals surface area contributed by atoms with Crippen molar-refractivity contribution in [3.05, 3.63) is 41.2 Å². The Morgan fingerprint density at radius 3 is 2.13 bits per heavy atom. The molecule has 15 heavy (non-hydrogen) atoms. The molecule has 1 aromatic heterocycles. The van der Waals surface area contributed by atoms with Crippen LogP contribution in [0.5, 0.6) is 5.75 Å². The van der Waals surface area contributed by atoms with Crippen LogP contribution in [0, 0.1) is 20.8 Å². The highest BCUT2D eigenvalue weighted by molar-refractivity contribution is 5.40. The first-order valence-corrected chi connectivity index (χ1v) is 4.92. The first-order chi connectivity index (χ1) is 7.09. The number of hydrogen-bond donors (Lipinski definition) is 1. The van der Waals surface area contributed by atoms with Crippen molar-refractivity contribution < 1.29 is 5.11 Å². The van der Waals surface area contributed by atoms with Crippen molar-refractivity contribution in [1.82, 2.24) is 9.78 Å². The quantitative estimate of drug-likeness (QED) is 0.771. The fourth-order valence-corrected chi connectivity index (χ4v) is 1.57. The van der Waals surface area contributed by atoms with E-state index in [4.69, 9.17) is 0 Å². The van der Waals surface area contributed by atoms with Gasteiger partial charge in [-0.3, -0.25) is 0 Å². The Bertz CT molecular complexity index is 483. The molecule has 0 bridgehead atoms. The van der Waals surface area contributed by atoms with Crippen LogP contribution in [0.4, 0.5) is 0 Å². The fourth-order valence-electron chi connectivity index (χ4n) is 1.57. The summed E-state index contributed by atoms with van der Waals surface area (Å²) in [6.45, 7) is 5.70. The first-order valence-electron chi connectivity index (χ1n) is 4.92. The summed E-state index contributed by atoms with van der Waals surface area (Å²) in [5.74, 6) is 0.274. The number of aromatic nitrogens is 2. The normalized spacial score (nSPS) is 10.6. The van der Waals surface area contributed by atoms with E-state index in [-0.39, 0.29) is 5.75 Å². The Morgan fingerprint density at radius 1 is 1.07 bits per heavy atom. The molecule has 2 rings (SSSR count). The fraction of sp³-hybridized carbons (Fsp3) is 0.250. The lowest BCUT2D eigenvalue weighted by molar-refractivity contribution is 0.466. The number of aryl methyl sites for hydroxylation is 2. The third-order valence-electron chi connectivity index (χ3n) is 2.53. The molecule has 1 N–H and O–H groups in total. The summed E-state index contributed by atoms with van der Waals surface area (Å²) < 4.78 is 1.75. The SMILES string of the molecule is Cc1ccc(-n2nc(C)c(O)c2C)cc1. The van der Waals surface area contributed by atoms with E-state index in [0.717, 1.165) is 11.4 Å². The number of aromatic hydroxyl groups is 1. The molecular weight excluding hydrogens is 188 g/mol. The van der Waals surface area contributed by atoms with E-state index >= 15 is 0 Å². The average molecular weight is 202 g/mol. The predicted octanol–water partition coefficient (Wildman–Crippen LogP) is 2.50. The second-order valence-corrected chi connectivity index (χ2v) is 3.77. The predicted molar refractivity (Wildman–Crippen MR) is 59.4 cm³/mol. The van der Waals surface area contributed by atoms with Crippen molar-refractivity contribution in [2.75, 3.05) is 0 Å². The van der Waals surface area contributed by atoms with Gasteiger partial charge in [0.05, 0.1) is 11.4 Å². The Kier molecular flexibility index (Phi) is 2.23. The van der Waals surface area contributed by atoms with Gasteiger partial charge in [-0.2, -0.15) is 5.10 Å². The molecule has 1 aromatic carbocycles. The number of nitrogens with zero attached hydrogens (tertiary/aromatic N) is 2. The molecule has 3 nitrogen and oxygen atoms in total. The van der Waals surface area contributed by atoms with Crippen LogP contribution in [0.1, 0.15) is 17.0 Å². The Labute approximate surface area is 89.0 Å². The molecule has 0 spiro atoms. The van der Waals surface area contributed by atoms with Crippen LogP contribution in [0.15, 0.2) is 24.3 Å². The maximum atomic E-state index is 9.66. The van der Waals surface area contributed by atoms with Gasteiger partial charge in [0.2, 0.25) is 0 Å². The van der Waals surface area contributed by atoms with E-state index in [1.165, 1.54) is 5.56 Å². The van der Waals surface area contributed by atoms with Gasteiger partial charge in [0.25, 0.3) is 0 Å². The van der Waals surface area contributed by atoms with Crippen LogP contribution < -0.4 is 0 Å². The molecule has 0 atom stereocenters. The van der Waals surface area contributed by atoms with E-state index in [2.05, 4.69) is 5.10 Å². The first kappa shape index (κ1) is 9.77. The van der Waals surface area contributed by atoms with Gasteiger partial charge in [-0.25, -0.2) is 4.68 Å². The highest BCUT2D eigenvalue weighted by Gasteiger charge is 2.10. The third-order valence-corrected chi connectivity index (χ3v) is 2.53. The molecule has 0 saturated carbocycles. The highest BCUT2D eigenvalue weighted by atomic mass is 16.3. The van der Waals surface area contributed by atoms with E-state index in [9.17, 15) is 5.11 Å². The van der Waals surface area contributed by atoms with Crippen molar-refractivity contribution in [3.8, 4) is 11.4 Å². The standard InChI is InChI=1S/C12H14N2O/c1-8-4-6-11(7-5-8)14-10(3)12(15)9(2)13-14/h4-7,15H,1-3H3. The van der Waals surface area contributed by atoms with Crippen molar-refractivity contribution in [2.24, 2.45) is 0 Å². The summed E-state index contributed by atoms with van der Waals surface area (Å²) in [6, 6.07) is 8.05. The minimum atomic E-state index is 0.274. The largest absolute Gasteiger partial charge is 0.504 e. The zero-order valence-electron chi connectivity index (χ0n) is 9.15. The second-order valence-electron chi connectivity index (χ2n) is 3.77. The topological polar surface area (TPSA) is 38.0 Å². The summed E-state index contributed by atoms with van der Waals surface area (Å²) in [5, 5.41) is 13.9. The van der Waals surface area contributed by atoms with Crippen molar-refractivity contribution in [1.29, 1.82) is 0 Å². The van der Waals surface area contributed by atoms with Crippen LogP contribution in [-0.4, -0.2) is 14.9 Å². The number of rotatable bonds is 1. The molecule has 0 aliphatic carbocycles. The lowest BCUT2D eigenvalue weighted by Crippen LogP contribution is -1.98. The molecule has 0 saturated heterocycles. The molecule has 0 amide bonds. The molecule has 0 aliphatic heterocycles. The van der Waals surface area contributed by atoms with Gasteiger partial charge in [0, 0.05) is 0 Å². The van der Waals surface area contributed by atoms with Gasteiger partial charge < -0.3 is 5.11 Å². The van der Waals surface area contributed by atoms with Crippen LogP contribution >= 0.6 is 0 Å². The van der Waals surface area contributed by atoms with Crippen LogP contribution in [0.2, 0.25) is 0 Å². The van der Waals surface area contributed by atoms with Gasteiger partial charge in [0.1, 0.15) is 5.69 Å². The van der Waals surface area contributed by atoms with E-state index in [1.807, 2.05) is 38.1 Å². The summed E-state index contributed by atoms with van der Waals surface area (Å²) in [4.78, 5) is 0. The molecule has 1 heterocycles. The minimum Gasteiger partial charge on any atom is -0.504 e. The Hall–Kier alpha value is -1.77. The zero-order valence-corrected chi connectivity index (χ0v) is 9.15. The van der Waals surface area contributed by atoms with Gasteiger partial charge in [-0.05, 0) is 32.9 Å². The van der Waals surface area contributed by atoms with Crippen molar-refractivity contribution in [2.45, 2.75) is 20.8 Å². The zero-order chi connectivity index (χ0) is 11.0. The van der Waals surface area contributed by atoms with Crippen LogP contribution in [-0.2, 0) is 0 Å². The lowest BCUT2D eigenvalue weighted by Gasteiger charge is -2.03. The minimum absolute atomic E-state index is 0.274. The Morgan fingerprint density at radius 2 is 1.67 bits per heavy atom. The average Bonchev–Trinajstić information content (AvgIpc) is 2.47. The Balaban J connectivity index is 2.54. The maximum Gasteiger partial charge on any atom is 0.159 e. The van der Waals surface area contributed by atoms with E-state index in [0.29, 0.717) is 5.69 Å². The van der Waals surface area contributed by atoms with Gasteiger partial charge in [-0.15, -0.1) is 0 Å². The van der Waals surface area contributed by atoms with Gasteiger partial charge in [0.15, 0.2) is 5.75 Å². The smallest absolute Gasteiger partial charge is 0.159 e. The summed E-state index contributed by atoms with van der Waals surface area (Å²) in [6.07, 6.45) is 0. The molecule has 0 unspecified atom stereocenters. The van der Waals surface area contributed by atoms with Gasteiger partial charge >= 0.3 is 0 Å².